The van der Waals surface area contributed by atoms with Crippen molar-refractivity contribution in [3.63, 3.8) is 0 Å². The van der Waals surface area contributed by atoms with Gasteiger partial charge in [0.15, 0.2) is 11.6 Å². The second kappa shape index (κ2) is 7.37. The van der Waals surface area contributed by atoms with Gasteiger partial charge in [-0.2, -0.15) is 0 Å². The van der Waals surface area contributed by atoms with Gasteiger partial charge in [0.1, 0.15) is 6.10 Å². The van der Waals surface area contributed by atoms with Gasteiger partial charge in [-0.3, -0.25) is 4.79 Å². The molecule has 19 heavy (non-hydrogen) atoms. The van der Waals surface area contributed by atoms with E-state index < -0.39 is 17.7 Å². The molecule has 1 amide bonds. The predicted octanol–water partition coefficient (Wildman–Crippen LogP) is 0.991. The topological polar surface area (TPSA) is 50.4 Å². The quantitative estimate of drug-likeness (QED) is 0.874. The number of hydrogen-bond acceptors (Lipinski definition) is 3. The molecular weight excluding hydrogens is 278 g/mol. The first-order chi connectivity index (χ1) is 8.66. The number of morpholine rings is 1. The number of benzene rings is 1. The molecule has 7 heteroatoms. The Morgan fingerprint density at radius 3 is 2.84 bits per heavy atom. The van der Waals surface area contributed by atoms with Crippen LogP contribution < -0.4 is 10.6 Å². The predicted molar refractivity (Wildman–Crippen MR) is 68.1 cm³/mol. The minimum atomic E-state index is -0.919. The lowest BCUT2D eigenvalue weighted by Gasteiger charge is -2.22. The number of nitrogens with one attached hydrogen (secondary N) is 2. The molecule has 1 saturated heterocycles. The van der Waals surface area contributed by atoms with Crippen LogP contribution in [-0.4, -0.2) is 31.7 Å². The van der Waals surface area contributed by atoms with Crippen LogP contribution in [0.4, 0.5) is 8.78 Å². The number of hydrogen-bond donors (Lipinski definition) is 2. The first-order valence-corrected chi connectivity index (χ1v) is 5.71. The maximum absolute atomic E-state index is 12.9. The van der Waals surface area contributed by atoms with E-state index in [4.69, 9.17) is 4.74 Å². The lowest BCUT2D eigenvalue weighted by molar-refractivity contribution is -0.134. The molecule has 1 aliphatic rings. The highest BCUT2D eigenvalue weighted by Gasteiger charge is 2.21. The Balaban J connectivity index is 0.00000180. The Hall–Kier alpha value is -1.24. The number of amides is 1. The molecule has 1 aromatic rings. The summed E-state index contributed by atoms with van der Waals surface area (Å²) in [5.41, 5.74) is 0.506. The van der Waals surface area contributed by atoms with Crippen molar-refractivity contribution in [1.82, 2.24) is 10.6 Å². The van der Waals surface area contributed by atoms with E-state index in [1.807, 2.05) is 0 Å². The van der Waals surface area contributed by atoms with Crippen LogP contribution in [0.3, 0.4) is 0 Å². The van der Waals surface area contributed by atoms with Gasteiger partial charge in [0.2, 0.25) is 0 Å². The van der Waals surface area contributed by atoms with Crippen molar-refractivity contribution in [3.8, 4) is 0 Å². The smallest absolute Gasteiger partial charge is 0.250 e. The molecule has 1 unspecified atom stereocenters. The normalized spacial score (nSPS) is 18.5. The summed E-state index contributed by atoms with van der Waals surface area (Å²) in [4.78, 5) is 11.7. The van der Waals surface area contributed by atoms with Gasteiger partial charge in [0.25, 0.3) is 5.91 Å². The average Bonchev–Trinajstić information content (AvgIpc) is 2.41. The molecule has 2 N–H and O–H groups in total. The Morgan fingerprint density at radius 2 is 2.21 bits per heavy atom. The maximum Gasteiger partial charge on any atom is 0.250 e. The fraction of sp³-hybridized carbons (Fsp3) is 0.417. The van der Waals surface area contributed by atoms with Crippen LogP contribution in [0.15, 0.2) is 18.2 Å². The van der Waals surface area contributed by atoms with Gasteiger partial charge in [-0.05, 0) is 17.7 Å². The van der Waals surface area contributed by atoms with Crippen LogP contribution in [-0.2, 0) is 16.1 Å². The first kappa shape index (κ1) is 15.8. The van der Waals surface area contributed by atoms with E-state index in [9.17, 15) is 13.6 Å². The van der Waals surface area contributed by atoms with Gasteiger partial charge >= 0.3 is 0 Å². The van der Waals surface area contributed by atoms with Crippen LogP contribution in [0.2, 0.25) is 0 Å². The third-order valence-electron chi connectivity index (χ3n) is 2.67. The Labute approximate surface area is 115 Å². The summed E-state index contributed by atoms with van der Waals surface area (Å²) in [6, 6.07) is 3.53. The molecule has 1 heterocycles. The van der Waals surface area contributed by atoms with Crippen molar-refractivity contribution in [2.75, 3.05) is 19.7 Å². The van der Waals surface area contributed by atoms with Gasteiger partial charge in [-0.25, -0.2) is 8.78 Å². The summed E-state index contributed by atoms with van der Waals surface area (Å²) >= 11 is 0. The van der Waals surface area contributed by atoms with Gasteiger partial charge in [-0.15, -0.1) is 12.4 Å². The maximum atomic E-state index is 12.9. The molecule has 1 aliphatic heterocycles. The summed E-state index contributed by atoms with van der Waals surface area (Å²) in [5, 5.41) is 5.66. The summed E-state index contributed by atoms with van der Waals surface area (Å²) < 4.78 is 30.9. The molecular formula is C12H15ClF2N2O2. The molecule has 0 aromatic heterocycles. The van der Waals surface area contributed by atoms with Crippen molar-refractivity contribution in [3.05, 3.63) is 35.4 Å². The number of carbonyl (C=O) groups excluding carboxylic acids is 1. The molecule has 1 atom stereocenters. The van der Waals surface area contributed by atoms with Crippen LogP contribution >= 0.6 is 12.4 Å². The molecule has 1 fully saturated rings. The average molecular weight is 293 g/mol. The Bertz CT molecular complexity index is 440. The van der Waals surface area contributed by atoms with Crippen LogP contribution in [0.1, 0.15) is 5.56 Å². The van der Waals surface area contributed by atoms with Crippen molar-refractivity contribution in [2.45, 2.75) is 12.6 Å². The Morgan fingerprint density at radius 1 is 1.42 bits per heavy atom. The fourth-order valence-corrected chi connectivity index (χ4v) is 1.69. The monoisotopic (exact) mass is 292 g/mol. The third kappa shape index (κ3) is 4.41. The second-order valence-electron chi connectivity index (χ2n) is 4.03. The van der Waals surface area contributed by atoms with Crippen molar-refractivity contribution in [1.29, 1.82) is 0 Å². The molecule has 4 nitrogen and oxygen atoms in total. The summed E-state index contributed by atoms with van der Waals surface area (Å²) in [5.74, 6) is -2.07. The van der Waals surface area contributed by atoms with Crippen LogP contribution in [0, 0.1) is 11.6 Å². The van der Waals surface area contributed by atoms with Crippen molar-refractivity contribution < 1.29 is 18.3 Å². The van der Waals surface area contributed by atoms with E-state index in [0.717, 1.165) is 18.7 Å². The molecule has 0 bridgehead atoms. The van der Waals surface area contributed by atoms with Gasteiger partial charge in [-0.1, -0.05) is 6.07 Å². The van der Waals surface area contributed by atoms with Gasteiger partial charge in [0.05, 0.1) is 6.61 Å². The van der Waals surface area contributed by atoms with E-state index in [0.29, 0.717) is 18.7 Å². The van der Waals surface area contributed by atoms with Crippen molar-refractivity contribution >= 4 is 18.3 Å². The number of ether oxygens (including phenoxy) is 1. The highest BCUT2D eigenvalue weighted by molar-refractivity contribution is 5.85. The highest BCUT2D eigenvalue weighted by Crippen LogP contribution is 2.08. The van der Waals surface area contributed by atoms with E-state index in [-0.39, 0.29) is 24.9 Å². The minimum Gasteiger partial charge on any atom is -0.366 e. The fourth-order valence-electron chi connectivity index (χ4n) is 1.69. The zero-order chi connectivity index (χ0) is 13.0. The van der Waals surface area contributed by atoms with Gasteiger partial charge < -0.3 is 15.4 Å². The number of halogens is 3. The largest absolute Gasteiger partial charge is 0.366 e. The highest BCUT2D eigenvalue weighted by atomic mass is 35.5. The standard InChI is InChI=1S/C12H14F2N2O2.ClH/c13-9-2-1-8(5-10(9)14)6-16-12(17)11-7-15-3-4-18-11;/h1-2,5,11,15H,3-4,6-7H2,(H,16,17);1H. The van der Waals surface area contributed by atoms with Crippen LogP contribution in [0.5, 0.6) is 0 Å². The molecule has 0 saturated carbocycles. The summed E-state index contributed by atoms with van der Waals surface area (Å²) in [6.07, 6.45) is -0.524. The molecule has 2 rings (SSSR count). The number of carbonyl (C=O) groups is 1. The third-order valence-corrected chi connectivity index (χ3v) is 2.67. The zero-order valence-corrected chi connectivity index (χ0v) is 10.9. The summed E-state index contributed by atoms with van der Waals surface area (Å²) in [6.45, 7) is 1.83. The zero-order valence-electron chi connectivity index (χ0n) is 10.1. The number of rotatable bonds is 3. The van der Waals surface area contributed by atoms with Crippen molar-refractivity contribution in [2.24, 2.45) is 0 Å². The molecule has 0 aliphatic carbocycles. The SMILES string of the molecule is Cl.O=C(NCc1ccc(F)c(F)c1)C1CNCCO1. The van der Waals surface area contributed by atoms with E-state index in [2.05, 4.69) is 10.6 Å². The lowest BCUT2D eigenvalue weighted by atomic mass is 10.2. The Kier molecular flexibility index (Phi) is 6.14. The summed E-state index contributed by atoms with van der Waals surface area (Å²) in [7, 11) is 0. The van der Waals surface area contributed by atoms with Crippen LogP contribution in [0.25, 0.3) is 0 Å². The first-order valence-electron chi connectivity index (χ1n) is 5.71. The molecule has 1 aromatic carbocycles. The molecule has 0 radical (unpaired) electrons. The lowest BCUT2D eigenvalue weighted by Crippen LogP contribution is -2.47. The molecule has 106 valence electrons. The second-order valence-corrected chi connectivity index (χ2v) is 4.03. The van der Waals surface area contributed by atoms with E-state index >= 15 is 0 Å². The van der Waals surface area contributed by atoms with Gasteiger partial charge in [0, 0.05) is 19.6 Å². The van der Waals surface area contributed by atoms with E-state index in [1.54, 1.807) is 0 Å². The minimum absolute atomic E-state index is 0. The van der Waals surface area contributed by atoms with E-state index in [1.165, 1.54) is 6.07 Å². The molecule has 0 spiro atoms.